The highest BCUT2D eigenvalue weighted by Gasteiger charge is 2.22. The van der Waals surface area contributed by atoms with Crippen molar-refractivity contribution in [3.63, 3.8) is 0 Å². The summed E-state index contributed by atoms with van der Waals surface area (Å²) in [5.41, 5.74) is 21.3. The number of unbranched alkanes of at least 4 members (excludes halogenated alkanes) is 6. The molecule has 0 aliphatic carbocycles. The van der Waals surface area contributed by atoms with E-state index in [2.05, 4.69) is 31.9 Å². The fraction of sp³-hybridized carbons (Fsp3) is 0.505. The summed E-state index contributed by atoms with van der Waals surface area (Å²) in [6, 6.07) is 58.0. The van der Waals surface area contributed by atoms with E-state index in [4.69, 9.17) is 65.9 Å². The van der Waals surface area contributed by atoms with E-state index in [-0.39, 0.29) is 100.0 Å². The minimum Gasteiger partial charge on any atom is -0.481 e. The zero-order chi connectivity index (χ0) is 97.5. The number of carboxylic acids is 1. The van der Waals surface area contributed by atoms with E-state index in [1.165, 1.54) is 12.2 Å². The Balaban J connectivity index is -0.00000151. The van der Waals surface area contributed by atoms with Gasteiger partial charge in [0.2, 0.25) is 17.7 Å². The number of carboxylic acid groups (broad SMARTS) is 1. The lowest BCUT2D eigenvalue weighted by molar-refractivity contribution is -0.173. The number of nitrogens with two attached hydrogens (primary N) is 3. The highest BCUT2D eigenvalue weighted by Crippen LogP contribution is 2.16. The molecule has 0 fully saturated rings. The standard InChI is InChI=1S/C17H26N2O4.C16H24N2O4.C16H22N2O3.C15H23N3O4.C15H21NO4.C15H21NO3.C3H8O.2ClH/c1-14(16(20)19(2)22-3)9-7-8-12-18-17(21)23-13-15-10-5-4-6-11-15;1-12(14(19)15(17)20)7-5-6-10-18-16(21)22-11-13-8-3-2-4-9-13;1-13(15(19)11-17)7-5-6-10-18-16(20)21-12-14-8-3-2-4-9-14;16-12(13(19)14(17)20)8-4-5-9-18-15(21)22-10-11-6-2-1-3-7-11;1-12(14(17)18)7-5-6-10-16-15(19)20-11-13-8-3-2-4-9-13;1-13(11-17)7-5-6-10-16-15(18)19-12-14-8-3-2-4-9-14;1-2-3-4;;/h4-6,10-11,14H,7-9,12-13H2,1-3H3,(H,18,21);2-4,8-9,12,14,19H,5-7,10-11H2,1H3,(H2,17,20)(H,18,21);2-4,8-9,13,15,19H,5-7,10,12H2,1H3,(H,18,20);1-3,6-7,12-13,19H,4-5,8-10,16H2,(H2,17,20)(H,18,21);2-4,8-9,12H,5-7,10-11H2,1H3,(H,16,19)(H,17,18);2-4,8-9,11,13H,5-7,10,12H2,1H3,(H,16,18);4H,2-3H2,1H3;2*1H/t14-;12-,14?;13-,15?;12-,13?;12-;13-;;;/m000000.../s1. The van der Waals surface area contributed by atoms with Crippen molar-refractivity contribution in [2.75, 3.05) is 60.0 Å². The molecule has 36 heteroatoms. The average Bonchev–Trinajstić information content (AvgIpc) is 0.934. The molecule has 742 valence electrons. The number of nitrogens with one attached hydrogen (secondary N) is 6. The Morgan fingerprint density at radius 1 is 0.398 bits per heavy atom. The van der Waals surface area contributed by atoms with Crippen LogP contribution in [0.15, 0.2) is 182 Å². The van der Waals surface area contributed by atoms with Gasteiger partial charge in [-0.3, -0.25) is 24.0 Å². The molecule has 0 aromatic heterocycles. The summed E-state index contributed by atoms with van der Waals surface area (Å²) in [7, 11) is 3.07. The molecule has 6 rings (SSSR count). The topological polar surface area (TPSA) is 531 Å². The fourth-order valence-electron chi connectivity index (χ4n) is 11.0. The number of aldehydes is 1. The van der Waals surface area contributed by atoms with Gasteiger partial charge in [0.25, 0.3) is 0 Å². The number of aliphatic hydroxyl groups excluding tert-OH is 4. The minimum atomic E-state index is -1.33. The summed E-state index contributed by atoms with van der Waals surface area (Å²) >= 11 is 0. The van der Waals surface area contributed by atoms with Crippen molar-refractivity contribution in [1.29, 1.82) is 5.26 Å². The first kappa shape index (κ1) is 125. The lowest BCUT2D eigenvalue weighted by Gasteiger charge is -2.18. The lowest BCUT2D eigenvalue weighted by atomic mass is 9.97. The molecule has 9 amide bonds. The fourth-order valence-corrected chi connectivity index (χ4v) is 11.0. The molecule has 0 radical (unpaired) electrons. The van der Waals surface area contributed by atoms with E-state index in [0.29, 0.717) is 78.0 Å². The Labute approximate surface area is 796 Å². The number of benzene rings is 6. The molecule has 0 spiro atoms. The summed E-state index contributed by atoms with van der Waals surface area (Å²) in [5, 5.41) is 70.5. The maximum Gasteiger partial charge on any atom is 0.407 e. The van der Waals surface area contributed by atoms with Gasteiger partial charge in [0.1, 0.15) is 64.2 Å². The van der Waals surface area contributed by atoms with Crippen molar-refractivity contribution >= 4 is 91.4 Å². The first-order valence-electron chi connectivity index (χ1n) is 44.5. The van der Waals surface area contributed by atoms with Gasteiger partial charge in [0.15, 0.2) is 0 Å². The van der Waals surface area contributed by atoms with Crippen molar-refractivity contribution < 1.29 is 112 Å². The van der Waals surface area contributed by atoms with Crippen LogP contribution in [-0.4, -0.2) is 182 Å². The molecule has 0 aliphatic heterocycles. The number of halogens is 2. The van der Waals surface area contributed by atoms with Gasteiger partial charge >= 0.3 is 42.5 Å². The molecular formula is C97H147Cl2N11O23. The molecule has 17 N–H and O–H groups in total. The number of hydrogen-bond acceptors (Lipinski definition) is 24. The number of aliphatic hydroxyl groups is 4. The van der Waals surface area contributed by atoms with E-state index in [9.17, 15) is 68.1 Å². The zero-order valence-corrected chi connectivity index (χ0v) is 79.9. The van der Waals surface area contributed by atoms with E-state index >= 15 is 0 Å². The van der Waals surface area contributed by atoms with Crippen molar-refractivity contribution in [2.24, 2.45) is 46.8 Å². The van der Waals surface area contributed by atoms with Crippen LogP contribution in [0.3, 0.4) is 0 Å². The highest BCUT2D eigenvalue weighted by molar-refractivity contribution is 5.86. The lowest BCUT2D eigenvalue weighted by Crippen LogP contribution is -2.44. The second kappa shape index (κ2) is 83.4. The molecule has 0 saturated carbocycles. The number of alkyl carbamates (subject to hydrolysis) is 6. The summed E-state index contributed by atoms with van der Waals surface area (Å²) in [6.45, 7) is 15.9. The van der Waals surface area contributed by atoms with Crippen LogP contribution in [-0.2, 0) is 96.9 Å². The van der Waals surface area contributed by atoms with Crippen molar-refractivity contribution in [3.8, 4) is 6.07 Å². The van der Waals surface area contributed by atoms with Gasteiger partial charge in [-0.1, -0.05) is 262 Å². The summed E-state index contributed by atoms with van der Waals surface area (Å²) in [6.07, 6.45) is 9.45. The number of nitriles is 1. The number of ether oxygens (including phenoxy) is 6. The molecule has 3 unspecified atom stereocenters. The van der Waals surface area contributed by atoms with Crippen LogP contribution in [0.25, 0.3) is 0 Å². The van der Waals surface area contributed by atoms with Crippen LogP contribution in [0.2, 0.25) is 0 Å². The normalized spacial score (nSPS) is 12.1. The third kappa shape index (κ3) is 71.7. The van der Waals surface area contributed by atoms with Crippen LogP contribution >= 0.6 is 24.8 Å². The Morgan fingerprint density at radius 2 is 0.639 bits per heavy atom. The maximum atomic E-state index is 11.8. The summed E-state index contributed by atoms with van der Waals surface area (Å²) in [4.78, 5) is 128. The van der Waals surface area contributed by atoms with E-state index in [0.717, 1.165) is 130 Å². The van der Waals surface area contributed by atoms with Gasteiger partial charge in [0, 0.05) is 70.8 Å². The van der Waals surface area contributed by atoms with Gasteiger partial charge < -0.3 is 108 Å². The predicted molar refractivity (Wildman–Crippen MR) is 512 cm³/mol. The number of amides is 9. The molecule has 6 aromatic carbocycles. The second-order valence-electron chi connectivity index (χ2n) is 30.8. The Kier molecular flexibility index (Phi) is 78.7. The van der Waals surface area contributed by atoms with Crippen molar-refractivity contribution in [2.45, 2.75) is 228 Å². The van der Waals surface area contributed by atoms with Gasteiger partial charge in [-0.25, -0.2) is 33.8 Å². The molecule has 0 saturated heterocycles. The van der Waals surface area contributed by atoms with E-state index in [1.54, 1.807) is 20.9 Å². The number of carbonyl (C=O) groups is 11. The first-order valence-corrected chi connectivity index (χ1v) is 44.5. The van der Waals surface area contributed by atoms with Gasteiger partial charge in [-0.2, -0.15) is 5.26 Å². The van der Waals surface area contributed by atoms with Crippen LogP contribution in [0.4, 0.5) is 28.8 Å². The Hall–Kier alpha value is -11.7. The number of aliphatic carboxylic acids is 1. The van der Waals surface area contributed by atoms with Crippen LogP contribution in [0.5, 0.6) is 0 Å². The number of hydrogen-bond donors (Lipinski definition) is 14. The number of rotatable bonds is 52. The summed E-state index contributed by atoms with van der Waals surface area (Å²) in [5.74, 6) is -2.88. The monoisotopic (exact) mass is 1900 g/mol. The van der Waals surface area contributed by atoms with Gasteiger partial charge in [-0.15, -0.1) is 24.8 Å². The minimum absolute atomic E-state index is 0. The van der Waals surface area contributed by atoms with Crippen molar-refractivity contribution in [3.05, 3.63) is 215 Å². The molecule has 133 heavy (non-hydrogen) atoms. The Morgan fingerprint density at radius 3 is 0.872 bits per heavy atom. The molecule has 0 heterocycles. The average molecular weight is 1910 g/mol. The van der Waals surface area contributed by atoms with Crippen LogP contribution in [0.1, 0.15) is 197 Å². The van der Waals surface area contributed by atoms with E-state index in [1.807, 2.05) is 216 Å². The number of hydroxylamine groups is 2. The van der Waals surface area contributed by atoms with Gasteiger partial charge in [-0.05, 0) is 129 Å². The molecule has 34 nitrogen and oxygen atoms in total. The molecular weight excluding hydrogens is 1760 g/mol. The van der Waals surface area contributed by atoms with E-state index < -0.39 is 78.7 Å². The quantitative estimate of drug-likeness (QED) is 0.00554. The molecule has 0 bridgehead atoms. The highest BCUT2D eigenvalue weighted by atomic mass is 35.5. The molecule has 9 atom stereocenters. The van der Waals surface area contributed by atoms with Gasteiger partial charge in [0.05, 0.1) is 19.1 Å². The Bertz CT molecular complexity index is 3950. The smallest absolute Gasteiger partial charge is 0.407 e. The maximum absolute atomic E-state index is 11.8. The van der Waals surface area contributed by atoms with Crippen molar-refractivity contribution in [1.82, 2.24) is 37.0 Å². The first-order chi connectivity index (χ1) is 62.9. The van der Waals surface area contributed by atoms with Crippen LogP contribution < -0.4 is 49.1 Å². The number of carbonyl (C=O) groups excluding carboxylic acids is 10. The third-order valence-corrected chi connectivity index (χ3v) is 19.3. The second-order valence-corrected chi connectivity index (χ2v) is 30.8. The number of nitrogens with zero attached hydrogens (tertiary/aromatic N) is 2. The van der Waals surface area contributed by atoms with Crippen LogP contribution in [0, 0.1) is 40.9 Å². The third-order valence-electron chi connectivity index (χ3n) is 19.3. The molecule has 6 aromatic rings. The summed E-state index contributed by atoms with van der Waals surface area (Å²) < 4.78 is 30.4. The molecule has 0 aliphatic rings. The number of primary amides is 2. The largest absolute Gasteiger partial charge is 0.481 e. The predicted octanol–water partition coefficient (Wildman–Crippen LogP) is 14.1. The SMILES string of the molecule is CCCO.CON(C)C(=O)[C@@H](C)CCCCNC(=O)OCc1ccccc1.C[C@@H](CCCCNC(=O)OCc1ccccc1)C(=O)O.C[C@@H](CCCCNC(=O)OCc1ccccc1)C(O)C#N.C[C@@H](CCCCNC(=O)OCc1ccccc1)C(O)C(N)=O.C[C@H](C=O)CCCCNC(=O)OCc1ccccc1.Cl.Cl.NC(=O)C(O)[C@@H](N)CCCCNC(=O)OCc1ccccc1. The zero-order valence-electron chi connectivity index (χ0n) is 78.2.